The van der Waals surface area contributed by atoms with Gasteiger partial charge in [0.05, 0.1) is 19.1 Å². The Hall–Kier alpha value is -2.01. The summed E-state index contributed by atoms with van der Waals surface area (Å²) in [4.78, 5) is 22.1. The van der Waals surface area contributed by atoms with Gasteiger partial charge in [0.1, 0.15) is 29.5 Å². The Bertz CT molecular complexity index is 964. The van der Waals surface area contributed by atoms with Crippen molar-refractivity contribution in [3.63, 3.8) is 0 Å². The molecule has 3 N–H and O–H groups in total. The Labute approximate surface area is 221 Å². The molecule has 0 heterocycles. The van der Waals surface area contributed by atoms with Crippen molar-refractivity contribution in [3.8, 4) is 0 Å². The second-order valence-corrected chi connectivity index (χ2v) is 13.6. The van der Waals surface area contributed by atoms with Crippen LogP contribution in [-0.4, -0.2) is 84.1 Å². The van der Waals surface area contributed by atoms with E-state index in [1.54, 1.807) is 41.5 Å². The Morgan fingerprint density at radius 1 is 0.838 bits per heavy atom. The molecule has 0 aromatic heterocycles. The molecule has 220 valence electrons. The van der Waals surface area contributed by atoms with Gasteiger partial charge < -0.3 is 25.2 Å². The van der Waals surface area contributed by atoms with Gasteiger partial charge in [0.15, 0.2) is 0 Å². The van der Waals surface area contributed by atoms with Crippen LogP contribution in [0.15, 0.2) is 23.8 Å². The largest absolute Gasteiger partial charge is 0.444 e. The summed E-state index contributed by atoms with van der Waals surface area (Å²) < 4.78 is 79.3. The fourth-order valence-electron chi connectivity index (χ4n) is 1.41. The normalized spacial score (nSPS) is 12.8. The first-order valence-corrected chi connectivity index (χ1v) is 14.9. The summed E-state index contributed by atoms with van der Waals surface area (Å²) in [5.41, 5.74) is -1.20. The second-order valence-electron chi connectivity index (χ2n) is 8.87. The number of hydrogen-bond acceptors (Lipinski definition) is 10. The van der Waals surface area contributed by atoms with Crippen LogP contribution in [-0.2, 0) is 32.8 Å². The fraction of sp³-hybridized carbons (Fsp3) is 0.700. The monoisotopic (exact) mass is 602 g/mol. The van der Waals surface area contributed by atoms with Gasteiger partial charge in [0.2, 0.25) is 9.05 Å². The lowest BCUT2D eigenvalue weighted by atomic mass is 10.2. The van der Waals surface area contributed by atoms with E-state index in [0.717, 1.165) is 24.7 Å². The third kappa shape index (κ3) is 44.4. The van der Waals surface area contributed by atoms with Crippen LogP contribution in [0.1, 0.15) is 41.5 Å². The van der Waals surface area contributed by atoms with Gasteiger partial charge in [-0.2, -0.15) is 8.42 Å². The minimum atomic E-state index is -3.68. The first kappa shape index (κ1) is 39.5. The predicted molar refractivity (Wildman–Crippen MR) is 135 cm³/mol. The number of carbonyl (C=O) groups is 2. The molecule has 0 unspecified atom stereocenters. The van der Waals surface area contributed by atoms with Crippen molar-refractivity contribution in [2.24, 2.45) is 0 Å². The maximum absolute atomic E-state index is 13.0. The molecule has 37 heavy (non-hydrogen) atoms. The topological polar surface area (TPSA) is 174 Å². The van der Waals surface area contributed by atoms with E-state index in [-0.39, 0.29) is 13.1 Å². The summed E-state index contributed by atoms with van der Waals surface area (Å²) in [7, 11) is -2.37. The molecule has 0 fully saturated rings. The highest BCUT2D eigenvalue weighted by Gasteiger charge is 2.16. The quantitative estimate of drug-likeness (QED) is 0.277. The van der Waals surface area contributed by atoms with E-state index in [1.807, 2.05) is 0 Å². The molecule has 0 aromatic carbocycles. The molecule has 0 saturated carbocycles. The lowest BCUT2D eigenvalue weighted by Gasteiger charge is -2.19. The van der Waals surface area contributed by atoms with Crippen LogP contribution in [0.4, 0.5) is 18.4 Å². The molecule has 0 aliphatic carbocycles. The summed E-state index contributed by atoms with van der Waals surface area (Å²) in [5.74, 6) is -1.47. The summed E-state index contributed by atoms with van der Waals surface area (Å²) in [6, 6.07) is 0. The standard InChI is InChI=1S/C10H18FNO5S.C9H16FNO3.CH3ClO2S/c1-10(2,3)17-9(13)12-6-5-8(11)7-16-18(4,14)15;1-9(2,3)14-8(13)11-5-4-7(10)6-12;1-5(2,3)4/h5H,6-7H2,1-4H3,(H,12,13);4,12H,5-6H2,1-3H3,(H,11,13);1H3/b8-5+;7-4+;. The van der Waals surface area contributed by atoms with Gasteiger partial charge in [-0.05, 0) is 53.7 Å². The van der Waals surface area contributed by atoms with E-state index >= 15 is 0 Å². The van der Waals surface area contributed by atoms with Gasteiger partial charge in [-0.1, -0.05) is 0 Å². The van der Waals surface area contributed by atoms with Crippen molar-refractivity contribution in [3.05, 3.63) is 23.8 Å². The van der Waals surface area contributed by atoms with Crippen molar-refractivity contribution in [1.82, 2.24) is 10.6 Å². The zero-order valence-electron chi connectivity index (χ0n) is 22.1. The number of carbonyl (C=O) groups excluding carboxylic acids is 2. The van der Waals surface area contributed by atoms with Crippen LogP contribution in [0, 0.1) is 0 Å². The maximum atomic E-state index is 13.0. The number of halogens is 3. The molecule has 2 amide bonds. The van der Waals surface area contributed by atoms with Crippen molar-refractivity contribution in [1.29, 1.82) is 0 Å². The second kappa shape index (κ2) is 18.3. The number of rotatable bonds is 8. The highest BCUT2D eigenvalue weighted by Crippen LogP contribution is 2.07. The number of hydrogen-bond donors (Lipinski definition) is 3. The van der Waals surface area contributed by atoms with Gasteiger partial charge in [-0.15, -0.1) is 0 Å². The molecule has 0 spiro atoms. The molecule has 0 aromatic rings. The van der Waals surface area contributed by atoms with Crippen LogP contribution >= 0.6 is 10.7 Å². The Balaban J connectivity index is -0.000000539. The molecule has 0 radical (unpaired) electrons. The fourth-order valence-corrected chi connectivity index (χ4v) is 1.73. The first-order chi connectivity index (χ1) is 16.3. The SMILES string of the molecule is CC(C)(C)OC(=O)NC/C=C(/F)CO.CC(C)(C)OC(=O)NC/C=C(/F)COS(C)(=O)=O.CS(=O)(=O)Cl. The highest BCUT2D eigenvalue weighted by molar-refractivity contribution is 8.13. The third-order valence-corrected chi connectivity index (χ3v) is 3.05. The summed E-state index contributed by atoms with van der Waals surface area (Å²) in [6.45, 7) is 8.83. The summed E-state index contributed by atoms with van der Waals surface area (Å²) >= 11 is 0. The molecule has 0 saturated heterocycles. The van der Waals surface area contributed by atoms with Gasteiger partial charge in [-0.3, -0.25) is 4.18 Å². The van der Waals surface area contributed by atoms with E-state index in [2.05, 4.69) is 25.5 Å². The van der Waals surface area contributed by atoms with Gasteiger partial charge in [0, 0.05) is 23.8 Å². The van der Waals surface area contributed by atoms with E-state index in [1.165, 1.54) is 0 Å². The Morgan fingerprint density at radius 3 is 1.43 bits per heavy atom. The van der Waals surface area contributed by atoms with Gasteiger partial charge in [-0.25, -0.2) is 26.8 Å². The molecule has 0 atom stereocenters. The molecule has 0 aliphatic rings. The number of ether oxygens (including phenoxy) is 2. The van der Waals surface area contributed by atoms with Crippen molar-refractivity contribution in [2.45, 2.75) is 52.7 Å². The van der Waals surface area contributed by atoms with Crippen LogP contribution < -0.4 is 10.6 Å². The van der Waals surface area contributed by atoms with Gasteiger partial charge in [0.25, 0.3) is 10.1 Å². The molecule has 17 heteroatoms. The average Bonchev–Trinajstić information content (AvgIpc) is 2.62. The molecular formula is C20H37ClF2N2O10S2. The number of amides is 2. The molecular weight excluding hydrogens is 566 g/mol. The first-order valence-electron chi connectivity index (χ1n) is 10.3. The van der Waals surface area contributed by atoms with E-state index in [4.69, 9.17) is 14.6 Å². The minimum absolute atomic E-state index is 0.00130. The van der Waals surface area contributed by atoms with E-state index in [9.17, 15) is 35.2 Å². The Morgan fingerprint density at radius 2 is 1.16 bits per heavy atom. The highest BCUT2D eigenvalue weighted by atomic mass is 35.7. The molecule has 12 nitrogen and oxygen atoms in total. The molecule has 0 bridgehead atoms. The van der Waals surface area contributed by atoms with Crippen molar-refractivity contribution >= 4 is 42.0 Å². The van der Waals surface area contributed by atoms with E-state index < -0.39 is 67.4 Å². The lowest BCUT2D eigenvalue weighted by Crippen LogP contribution is -2.32. The zero-order valence-corrected chi connectivity index (χ0v) is 24.4. The number of alkyl carbamates (subject to hydrolysis) is 2. The number of aliphatic hydroxyl groups is 1. The predicted octanol–water partition coefficient (Wildman–Crippen LogP) is 2.88. The van der Waals surface area contributed by atoms with Crippen LogP contribution in [0.5, 0.6) is 0 Å². The van der Waals surface area contributed by atoms with Crippen LogP contribution in [0.3, 0.4) is 0 Å². The maximum Gasteiger partial charge on any atom is 0.407 e. The Kier molecular flexibility index (Phi) is 19.5. The van der Waals surface area contributed by atoms with Crippen LogP contribution in [0.25, 0.3) is 0 Å². The minimum Gasteiger partial charge on any atom is -0.444 e. The average molecular weight is 603 g/mol. The lowest BCUT2D eigenvalue weighted by molar-refractivity contribution is 0.0522. The zero-order chi connectivity index (χ0) is 30.1. The van der Waals surface area contributed by atoms with E-state index in [0.29, 0.717) is 0 Å². The third-order valence-electron chi connectivity index (χ3n) is 2.50. The molecule has 0 rings (SSSR count). The van der Waals surface area contributed by atoms with Gasteiger partial charge >= 0.3 is 12.2 Å². The smallest absolute Gasteiger partial charge is 0.407 e. The van der Waals surface area contributed by atoms with Crippen LogP contribution in [0.2, 0.25) is 0 Å². The summed E-state index contributed by atoms with van der Waals surface area (Å²) in [5, 5.41) is 12.9. The number of nitrogens with one attached hydrogen (secondary N) is 2. The molecule has 0 aliphatic heterocycles. The van der Waals surface area contributed by atoms with Crippen molar-refractivity contribution < 1.29 is 54.0 Å². The summed E-state index contributed by atoms with van der Waals surface area (Å²) in [6.07, 6.45) is 2.52. The van der Waals surface area contributed by atoms with Crippen molar-refractivity contribution in [2.75, 3.05) is 38.8 Å². The number of aliphatic hydroxyl groups excluding tert-OH is 1.